The molecule has 1 fully saturated rings. The van der Waals surface area contributed by atoms with Gasteiger partial charge in [0.2, 0.25) is 17.7 Å². The zero-order valence-corrected chi connectivity index (χ0v) is 23.3. The first kappa shape index (κ1) is 27.0. The van der Waals surface area contributed by atoms with Crippen LogP contribution in [0.1, 0.15) is 43.0 Å². The summed E-state index contributed by atoms with van der Waals surface area (Å²) in [5.74, 6) is -1.78. The molecule has 0 saturated carbocycles. The first-order valence-electron chi connectivity index (χ1n) is 13.5. The molecule has 6 rings (SSSR count). The zero-order chi connectivity index (χ0) is 29.3. The molecule has 2 aliphatic heterocycles. The number of nitrogens with one attached hydrogen (secondary N) is 2. The van der Waals surface area contributed by atoms with E-state index < -0.39 is 34.0 Å². The number of halogens is 2. The van der Waals surface area contributed by atoms with Crippen molar-refractivity contribution in [3.8, 4) is 0 Å². The predicted octanol–water partition coefficient (Wildman–Crippen LogP) is 3.76. The number of aromatic nitrogens is 1. The Hall–Kier alpha value is -4.18. The summed E-state index contributed by atoms with van der Waals surface area (Å²) in [5, 5.41) is 5.78. The fourth-order valence-electron chi connectivity index (χ4n) is 6.51. The SMILES string of the molecule is CC1(C)C(=O)N(CC(=O)Nc2ccc3c(c2)C[C@@]2(C3)C(=O)Nc3ncccc32)[C@](C)(c2cc(F)cc(F)c2)CN1[11CH3]. The van der Waals surface area contributed by atoms with Crippen molar-refractivity contribution in [2.24, 2.45) is 0 Å². The van der Waals surface area contributed by atoms with E-state index in [1.54, 1.807) is 40.1 Å². The molecule has 2 N–H and O–H groups in total. The Kier molecular flexibility index (Phi) is 6.04. The number of carbonyl (C=O) groups is 3. The Bertz CT molecular complexity index is 1600. The molecule has 1 saturated heterocycles. The van der Waals surface area contributed by atoms with Gasteiger partial charge in [0, 0.05) is 30.1 Å². The van der Waals surface area contributed by atoms with Gasteiger partial charge in [-0.1, -0.05) is 12.1 Å². The third-order valence-electron chi connectivity index (χ3n) is 9.11. The third-order valence-corrected chi connectivity index (χ3v) is 9.11. The van der Waals surface area contributed by atoms with Crippen LogP contribution in [0.3, 0.4) is 0 Å². The van der Waals surface area contributed by atoms with Gasteiger partial charge in [0.1, 0.15) is 24.0 Å². The van der Waals surface area contributed by atoms with Gasteiger partial charge >= 0.3 is 0 Å². The number of piperazine rings is 1. The van der Waals surface area contributed by atoms with Gasteiger partial charge in [-0.15, -0.1) is 0 Å². The molecule has 2 aromatic carbocycles. The second-order valence-electron chi connectivity index (χ2n) is 12.1. The summed E-state index contributed by atoms with van der Waals surface area (Å²) in [7, 11) is 1.78. The van der Waals surface area contributed by atoms with Crippen LogP contribution in [0.2, 0.25) is 0 Å². The standard InChI is InChI=1S/C31H31F2N5O3/c1-29(2)28(41)38(30(3,17-37(29)4)20-11-21(32)13-22(33)12-20)16-25(39)35-23-8-7-18-14-31(15-19(18)10-23)24-6-5-9-34-26(24)36-27(31)40/h5-13H,14-17H2,1-4H3,(H,35,39)(H,34,36,40)/t30-,31+/m0/s1/i4-1. The van der Waals surface area contributed by atoms with E-state index in [1.165, 1.54) is 17.0 Å². The highest BCUT2D eigenvalue weighted by Crippen LogP contribution is 2.47. The maximum atomic E-state index is 14.2. The third kappa shape index (κ3) is 4.20. The summed E-state index contributed by atoms with van der Waals surface area (Å²) in [4.78, 5) is 47.7. The van der Waals surface area contributed by atoms with E-state index in [2.05, 4.69) is 15.6 Å². The highest BCUT2D eigenvalue weighted by molar-refractivity contribution is 6.06. The van der Waals surface area contributed by atoms with E-state index in [1.807, 2.05) is 29.2 Å². The lowest BCUT2D eigenvalue weighted by molar-refractivity contribution is -0.162. The Balaban J connectivity index is 1.25. The number of likely N-dealkylation sites (N-methyl/N-ethyl adjacent to an activating group) is 1. The highest BCUT2D eigenvalue weighted by Gasteiger charge is 2.52. The Morgan fingerprint density at radius 2 is 1.73 bits per heavy atom. The minimum absolute atomic E-state index is 0.0859. The molecule has 2 atom stereocenters. The molecule has 10 heteroatoms. The lowest BCUT2D eigenvalue weighted by Gasteiger charge is -2.54. The van der Waals surface area contributed by atoms with E-state index in [0.29, 0.717) is 24.3 Å². The average molecular weight is 559 g/mol. The molecule has 0 radical (unpaired) electrons. The van der Waals surface area contributed by atoms with Gasteiger partial charge in [0.25, 0.3) is 0 Å². The molecule has 3 amide bonds. The smallest absolute Gasteiger partial charge is 0.244 e. The van der Waals surface area contributed by atoms with E-state index >= 15 is 0 Å². The number of carbonyl (C=O) groups excluding carboxylic acids is 3. The lowest BCUT2D eigenvalue weighted by atomic mass is 9.79. The summed E-state index contributed by atoms with van der Waals surface area (Å²) in [5.41, 5.74) is 0.827. The molecule has 212 valence electrons. The van der Waals surface area contributed by atoms with Crippen molar-refractivity contribution in [2.45, 2.75) is 50.1 Å². The summed E-state index contributed by atoms with van der Waals surface area (Å²) in [6.07, 6.45) is 2.66. The molecule has 1 aliphatic carbocycles. The Labute approximate surface area is 236 Å². The number of pyridine rings is 1. The number of hydrogen-bond acceptors (Lipinski definition) is 5. The minimum atomic E-state index is -1.16. The summed E-state index contributed by atoms with van der Waals surface area (Å²) in [6, 6.07) is 12.5. The number of amides is 3. The molecule has 41 heavy (non-hydrogen) atoms. The van der Waals surface area contributed by atoms with Gasteiger partial charge in [-0.2, -0.15) is 0 Å². The number of anilines is 2. The van der Waals surface area contributed by atoms with Crippen LogP contribution < -0.4 is 10.6 Å². The maximum absolute atomic E-state index is 14.2. The number of benzene rings is 2. The monoisotopic (exact) mass is 558 g/mol. The van der Waals surface area contributed by atoms with Gasteiger partial charge in [-0.05, 0) is 87.7 Å². The molecule has 0 bridgehead atoms. The van der Waals surface area contributed by atoms with Crippen LogP contribution in [0.4, 0.5) is 20.3 Å². The number of hydrogen-bond donors (Lipinski definition) is 2. The van der Waals surface area contributed by atoms with Crippen molar-refractivity contribution < 1.29 is 23.2 Å². The number of nitrogens with zero attached hydrogens (tertiary/aromatic N) is 3. The molecular formula is C31H31F2N5O3. The van der Waals surface area contributed by atoms with E-state index in [0.717, 1.165) is 22.8 Å². The van der Waals surface area contributed by atoms with E-state index in [9.17, 15) is 23.2 Å². The minimum Gasteiger partial charge on any atom is -0.325 e. The molecule has 3 aliphatic rings. The number of rotatable bonds is 4. The van der Waals surface area contributed by atoms with Crippen molar-refractivity contribution in [3.05, 3.63) is 88.6 Å². The van der Waals surface area contributed by atoms with Crippen molar-refractivity contribution in [1.29, 1.82) is 0 Å². The summed E-state index contributed by atoms with van der Waals surface area (Å²) >= 11 is 0. The fraction of sp³-hybridized carbons (Fsp3) is 0.355. The van der Waals surface area contributed by atoms with Crippen LogP contribution in [0, 0.1) is 11.6 Å². The number of fused-ring (bicyclic) bond motifs is 3. The normalized spacial score (nSPS) is 24.8. The largest absolute Gasteiger partial charge is 0.325 e. The van der Waals surface area contributed by atoms with Crippen molar-refractivity contribution in [2.75, 3.05) is 30.8 Å². The summed E-state index contributed by atoms with van der Waals surface area (Å²) < 4.78 is 28.5. The second-order valence-corrected chi connectivity index (χ2v) is 12.1. The quantitative estimate of drug-likeness (QED) is 0.509. The van der Waals surface area contributed by atoms with Crippen LogP contribution in [0.5, 0.6) is 0 Å². The van der Waals surface area contributed by atoms with Crippen LogP contribution in [-0.2, 0) is 38.2 Å². The van der Waals surface area contributed by atoms with Crippen LogP contribution in [0.25, 0.3) is 0 Å². The van der Waals surface area contributed by atoms with Gasteiger partial charge in [0.15, 0.2) is 0 Å². The molecule has 0 unspecified atom stereocenters. The first-order valence-corrected chi connectivity index (χ1v) is 13.5. The maximum Gasteiger partial charge on any atom is 0.244 e. The van der Waals surface area contributed by atoms with E-state index in [-0.39, 0.29) is 30.5 Å². The molecule has 3 aromatic rings. The fourth-order valence-corrected chi connectivity index (χ4v) is 6.51. The Morgan fingerprint density at radius 3 is 2.46 bits per heavy atom. The van der Waals surface area contributed by atoms with Crippen molar-refractivity contribution >= 4 is 29.2 Å². The first-order chi connectivity index (χ1) is 19.3. The topological polar surface area (TPSA) is 94.6 Å². The Morgan fingerprint density at radius 1 is 1.02 bits per heavy atom. The molecule has 1 aromatic heterocycles. The lowest BCUT2D eigenvalue weighted by Crippen LogP contribution is -2.70. The average Bonchev–Trinajstić information content (AvgIpc) is 3.42. The molecule has 3 heterocycles. The molecule has 1 spiro atoms. The van der Waals surface area contributed by atoms with Gasteiger partial charge < -0.3 is 15.5 Å². The zero-order valence-electron chi connectivity index (χ0n) is 23.3. The van der Waals surface area contributed by atoms with E-state index in [4.69, 9.17) is 0 Å². The van der Waals surface area contributed by atoms with Crippen molar-refractivity contribution in [3.63, 3.8) is 0 Å². The van der Waals surface area contributed by atoms with Crippen LogP contribution >= 0.6 is 0 Å². The van der Waals surface area contributed by atoms with Gasteiger partial charge in [0.05, 0.1) is 16.5 Å². The van der Waals surface area contributed by atoms with Gasteiger partial charge in [-0.25, -0.2) is 13.8 Å². The summed E-state index contributed by atoms with van der Waals surface area (Å²) in [6.45, 7) is 5.19. The molecule has 8 nitrogen and oxygen atoms in total. The van der Waals surface area contributed by atoms with Crippen LogP contribution in [-0.4, -0.2) is 58.2 Å². The second kappa shape index (κ2) is 9.17. The highest BCUT2D eigenvalue weighted by atomic mass is 19.1. The van der Waals surface area contributed by atoms with Gasteiger partial charge in [-0.3, -0.25) is 19.3 Å². The molecular weight excluding hydrogens is 527 g/mol. The van der Waals surface area contributed by atoms with Crippen LogP contribution in [0.15, 0.2) is 54.7 Å². The van der Waals surface area contributed by atoms with Crippen molar-refractivity contribution in [1.82, 2.24) is 14.8 Å². The predicted molar refractivity (Wildman–Crippen MR) is 149 cm³/mol.